The molecule has 1 amide bonds. The number of carbonyl (C=O) groups excluding carboxylic acids is 1. The zero-order valence-corrected chi connectivity index (χ0v) is 12.4. The van der Waals surface area contributed by atoms with Crippen LogP contribution in [0.15, 0.2) is 12.3 Å². The van der Waals surface area contributed by atoms with Crippen molar-refractivity contribution in [3.63, 3.8) is 0 Å². The van der Waals surface area contributed by atoms with E-state index in [4.69, 9.17) is 16.9 Å². The molecule has 1 aliphatic rings. The molecule has 1 saturated heterocycles. The first-order valence-corrected chi connectivity index (χ1v) is 6.96. The highest BCUT2D eigenvalue weighted by atomic mass is 35.5. The van der Waals surface area contributed by atoms with Gasteiger partial charge in [-0.05, 0) is 25.3 Å². The second kappa shape index (κ2) is 6.10. The molecule has 0 bridgehead atoms. The Morgan fingerprint density at radius 1 is 1.55 bits per heavy atom. The van der Waals surface area contributed by atoms with Crippen molar-refractivity contribution in [3.05, 3.63) is 22.8 Å². The van der Waals surface area contributed by atoms with Gasteiger partial charge in [0.25, 0.3) is 0 Å². The summed E-state index contributed by atoms with van der Waals surface area (Å²) in [5.74, 6) is 0.650. The van der Waals surface area contributed by atoms with E-state index in [9.17, 15) is 4.79 Å². The number of pyridine rings is 1. The summed E-state index contributed by atoms with van der Waals surface area (Å²) >= 11 is 6.21. The van der Waals surface area contributed by atoms with Crippen LogP contribution in [0.5, 0.6) is 0 Å². The third-order valence-corrected chi connectivity index (χ3v) is 3.73. The molecule has 2 heterocycles. The quantitative estimate of drug-likeness (QED) is 0.837. The van der Waals surface area contributed by atoms with Crippen molar-refractivity contribution in [1.29, 1.82) is 5.26 Å². The van der Waals surface area contributed by atoms with Crippen LogP contribution < -0.4 is 4.90 Å². The summed E-state index contributed by atoms with van der Waals surface area (Å²) < 4.78 is 0. The number of hydrogen-bond acceptors (Lipinski definition) is 4. The number of piperidine rings is 1. The van der Waals surface area contributed by atoms with Gasteiger partial charge in [-0.1, -0.05) is 11.6 Å². The number of rotatable bonds is 2. The van der Waals surface area contributed by atoms with Crippen LogP contribution in [0.25, 0.3) is 0 Å². The molecule has 106 valence electrons. The van der Waals surface area contributed by atoms with Gasteiger partial charge in [0, 0.05) is 26.8 Å². The van der Waals surface area contributed by atoms with Crippen molar-refractivity contribution in [2.45, 2.75) is 25.3 Å². The third-order valence-electron chi connectivity index (χ3n) is 3.45. The van der Waals surface area contributed by atoms with E-state index in [1.165, 1.54) is 6.20 Å². The Morgan fingerprint density at radius 2 is 2.30 bits per heavy atom. The van der Waals surface area contributed by atoms with Crippen LogP contribution in [-0.2, 0) is 4.79 Å². The smallest absolute Gasteiger partial charge is 0.244 e. The van der Waals surface area contributed by atoms with Gasteiger partial charge in [-0.3, -0.25) is 4.79 Å². The van der Waals surface area contributed by atoms with E-state index in [1.54, 1.807) is 25.1 Å². The van der Waals surface area contributed by atoms with Crippen molar-refractivity contribution in [1.82, 2.24) is 9.88 Å². The number of likely N-dealkylation sites (N-methyl/N-ethyl adjacent to an activating group) is 1. The van der Waals surface area contributed by atoms with Gasteiger partial charge in [0.05, 0.1) is 10.6 Å². The lowest BCUT2D eigenvalue weighted by molar-refractivity contribution is -0.130. The van der Waals surface area contributed by atoms with Gasteiger partial charge in [-0.2, -0.15) is 5.26 Å². The lowest BCUT2D eigenvalue weighted by Gasteiger charge is -2.37. The highest BCUT2D eigenvalue weighted by molar-refractivity contribution is 6.33. The van der Waals surface area contributed by atoms with Crippen molar-refractivity contribution in [2.75, 3.05) is 25.5 Å². The van der Waals surface area contributed by atoms with E-state index in [1.807, 2.05) is 11.0 Å². The molecule has 20 heavy (non-hydrogen) atoms. The highest BCUT2D eigenvalue weighted by Crippen LogP contribution is 2.30. The maximum Gasteiger partial charge on any atom is 0.244 e. The predicted octanol–water partition coefficient (Wildman–Crippen LogP) is 2.05. The van der Waals surface area contributed by atoms with Crippen LogP contribution in [0.3, 0.4) is 0 Å². The molecular formula is C14H17ClN4O. The number of nitriles is 1. The van der Waals surface area contributed by atoms with E-state index < -0.39 is 0 Å². The molecule has 2 rings (SSSR count). The van der Waals surface area contributed by atoms with Gasteiger partial charge < -0.3 is 9.80 Å². The topological polar surface area (TPSA) is 60.2 Å². The van der Waals surface area contributed by atoms with E-state index in [0.717, 1.165) is 25.8 Å². The van der Waals surface area contributed by atoms with Gasteiger partial charge in [-0.25, -0.2) is 4.98 Å². The fourth-order valence-corrected chi connectivity index (χ4v) is 2.72. The molecule has 0 saturated carbocycles. The van der Waals surface area contributed by atoms with Gasteiger partial charge in [0.1, 0.15) is 17.9 Å². The van der Waals surface area contributed by atoms with Gasteiger partial charge >= 0.3 is 0 Å². The normalized spacial score (nSPS) is 18.5. The molecule has 1 unspecified atom stereocenters. The lowest BCUT2D eigenvalue weighted by atomic mass is 10.0. The molecule has 1 atom stereocenters. The second-order valence-electron chi connectivity index (χ2n) is 5.08. The SMILES string of the molecule is CN(C)C(=O)C1CCCCN1c1ncc(C#N)cc1Cl. The minimum atomic E-state index is -0.225. The summed E-state index contributed by atoms with van der Waals surface area (Å²) in [6, 6.07) is 3.38. The lowest BCUT2D eigenvalue weighted by Crippen LogP contribution is -2.49. The summed E-state index contributed by atoms with van der Waals surface area (Å²) in [5, 5.41) is 9.27. The molecule has 1 aliphatic heterocycles. The minimum absolute atomic E-state index is 0.0620. The van der Waals surface area contributed by atoms with E-state index in [2.05, 4.69) is 4.98 Å². The number of nitrogens with zero attached hydrogens (tertiary/aromatic N) is 4. The Kier molecular flexibility index (Phi) is 4.46. The number of carbonyl (C=O) groups is 1. The molecule has 1 aromatic heterocycles. The monoisotopic (exact) mass is 292 g/mol. The molecule has 1 aromatic rings. The maximum atomic E-state index is 12.3. The van der Waals surface area contributed by atoms with Crippen LogP contribution >= 0.6 is 11.6 Å². The molecule has 0 N–H and O–H groups in total. The maximum absolute atomic E-state index is 12.3. The Balaban J connectivity index is 2.33. The molecule has 0 aliphatic carbocycles. The molecular weight excluding hydrogens is 276 g/mol. The fourth-order valence-electron chi connectivity index (χ4n) is 2.44. The highest BCUT2D eigenvalue weighted by Gasteiger charge is 2.31. The van der Waals surface area contributed by atoms with Crippen LogP contribution in [-0.4, -0.2) is 42.5 Å². The van der Waals surface area contributed by atoms with Crippen molar-refractivity contribution >= 4 is 23.3 Å². The van der Waals surface area contributed by atoms with Crippen LogP contribution in [0.4, 0.5) is 5.82 Å². The summed E-state index contributed by atoms with van der Waals surface area (Å²) in [5.41, 5.74) is 0.422. The second-order valence-corrected chi connectivity index (χ2v) is 5.49. The van der Waals surface area contributed by atoms with Gasteiger partial charge in [0.2, 0.25) is 5.91 Å². The largest absolute Gasteiger partial charge is 0.347 e. The Bertz CT molecular complexity index is 553. The number of hydrogen-bond donors (Lipinski definition) is 0. The average Bonchev–Trinajstić information content (AvgIpc) is 2.46. The zero-order chi connectivity index (χ0) is 14.7. The molecule has 5 nitrogen and oxygen atoms in total. The fraction of sp³-hybridized carbons (Fsp3) is 0.500. The van der Waals surface area contributed by atoms with E-state index in [0.29, 0.717) is 16.4 Å². The predicted molar refractivity (Wildman–Crippen MR) is 77.6 cm³/mol. The molecule has 0 aromatic carbocycles. The van der Waals surface area contributed by atoms with Gasteiger partial charge in [0.15, 0.2) is 0 Å². The Morgan fingerprint density at radius 3 is 2.90 bits per heavy atom. The van der Waals surface area contributed by atoms with E-state index >= 15 is 0 Å². The Labute approximate surface area is 123 Å². The molecule has 6 heteroatoms. The first-order valence-electron chi connectivity index (χ1n) is 6.58. The Hall–Kier alpha value is -1.80. The average molecular weight is 293 g/mol. The van der Waals surface area contributed by atoms with Crippen LogP contribution in [0.1, 0.15) is 24.8 Å². The molecule has 1 fully saturated rings. The van der Waals surface area contributed by atoms with Crippen molar-refractivity contribution in [3.8, 4) is 6.07 Å². The number of halogens is 1. The number of anilines is 1. The zero-order valence-electron chi connectivity index (χ0n) is 11.6. The molecule has 0 radical (unpaired) electrons. The first-order chi connectivity index (χ1) is 9.54. The van der Waals surface area contributed by atoms with Crippen LogP contribution in [0, 0.1) is 11.3 Å². The summed E-state index contributed by atoms with van der Waals surface area (Å²) in [4.78, 5) is 20.1. The van der Waals surface area contributed by atoms with Gasteiger partial charge in [-0.15, -0.1) is 0 Å². The first kappa shape index (κ1) is 14.6. The van der Waals surface area contributed by atoms with E-state index in [-0.39, 0.29) is 11.9 Å². The molecule has 0 spiro atoms. The standard InChI is InChI=1S/C14H17ClN4O/c1-18(2)14(20)12-5-3-4-6-19(12)13-11(15)7-10(8-16)9-17-13/h7,9,12H,3-6H2,1-2H3. The number of aromatic nitrogens is 1. The van der Waals surface area contributed by atoms with Crippen molar-refractivity contribution < 1.29 is 4.79 Å². The summed E-state index contributed by atoms with van der Waals surface area (Å²) in [6.07, 6.45) is 4.33. The van der Waals surface area contributed by atoms with Crippen LogP contribution in [0.2, 0.25) is 5.02 Å². The third kappa shape index (κ3) is 2.86. The number of amides is 1. The minimum Gasteiger partial charge on any atom is -0.347 e. The van der Waals surface area contributed by atoms with Crippen molar-refractivity contribution in [2.24, 2.45) is 0 Å². The summed E-state index contributed by atoms with van der Waals surface area (Å²) in [7, 11) is 3.51. The summed E-state index contributed by atoms with van der Waals surface area (Å²) in [6.45, 7) is 0.753.